The minimum atomic E-state index is -1.01. The highest BCUT2D eigenvalue weighted by atomic mass is 32.1. The molecule has 2 aromatic rings. The second-order valence-electron chi connectivity index (χ2n) is 2.84. The molecule has 0 aromatic carbocycles. The van der Waals surface area contributed by atoms with E-state index in [4.69, 9.17) is 5.11 Å². The van der Waals surface area contributed by atoms with Gasteiger partial charge in [0.2, 0.25) is 0 Å². The molecule has 72 valence electrons. The number of thiophene rings is 1. The molecule has 0 radical (unpaired) electrons. The van der Waals surface area contributed by atoms with Crippen molar-refractivity contribution in [2.75, 3.05) is 0 Å². The van der Waals surface area contributed by atoms with Crippen LogP contribution in [0.5, 0.6) is 0 Å². The van der Waals surface area contributed by atoms with Gasteiger partial charge in [-0.3, -0.25) is 9.59 Å². The van der Waals surface area contributed by atoms with Gasteiger partial charge in [0, 0.05) is 10.9 Å². The molecule has 0 aliphatic heterocycles. The molecule has 0 aliphatic rings. The fourth-order valence-corrected chi connectivity index (χ4v) is 2.05. The lowest BCUT2D eigenvalue weighted by molar-refractivity contribution is -0.137. The van der Waals surface area contributed by atoms with Crippen molar-refractivity contribution in [2.45, 2.75) is 6.54 Å². The highest BCUT2D eigenvalue weighted by Gasteiger charge is 2.05. The highest BCUT2D eigenvalue weighted by Crippen LogP contribution is 2.15. The second-order valence-corrected chi connectivity index (χ2v) is 3.79. The molecule has 0 bridgehead atoms. The molecule has 2 aromatic heterocycles. The summed E-state index contributed by atoms with van der Waals surface area (Å²) < 4.78 is 2.08. The van der Waals surface area contributed by atoms with Gasteiger partial charge in [0.25, 0.3) is 5.56 Å². The Morgan fingerprint density at radius 2 is 2.29 bits per heavy atom. The number of carboxylic acids is 1. The third kappa shape index (κ3) is 1.42. The lowest BCUT2D eigenvalue weighted by Gasteiger charge is -2.00. The first-order valence-corrected chi connectivity index (χ1v) is 4.85. The summed E-state index contributed by atoms with van der Waals surface area (Å²) in [5.74, 6) is -1.01. The van der Waals surface area contributed by atoms with Crippen LogP contribution < -0.4 is 5.56 Å². The Labute approximate surface area is 83.0 Å². The standard InChI is InChI=1S/C9H7NO3S/c11-8(12)5-10-3-1-7-6(9(10)13)2-4-14-7/h1-4H,5H2,(H,11,12). The number of aliphatic carboxylic acids is 1. The van der Waals surface area contributed by atoms with E-state index in [1.54, 1.807) is 12.1 Å². The monoisotopic (exact) mass is 209 g/mol. The molecule has 0 unspecified atom stereocenters. The van der Waals surface area contributed by atoms with Crippen molar-refractivity contribution in [1.82, 2.24) is 4.57 Å². The predicted octanol–water partition coefficient (Wildman–Crippen LogP) is 1.15. The van der Waals surface area contributed by atoms with Crippen LogP contribution in [0.4, 0.5) is 0 Å². The van der Waals surface area contributed by atoms with Crippen molar-refractivity contribution in [3.63, 3.8) is 0 Å². The van der Waals surface area contributed by atoms with Gasteiger partial charge >= 0.3 is 5.97 Å². The van der Waals surface area contributed by atoms with Crippen molar-refractivity contribution < 1.29 is 9.90 Å². The molecule has 5 heteroatoms. The van der Waals surface area contributed by atoms with E-state index in [0.29, 0.717) is 5.39 Å². The summed E-state index contributed by atoms with van der Waals surface area (Å²) in [6, 6.07) is 3.46. The number of pyridine rings is 1. The van der Waals surface area contributed by atoms with Gasteiger partial charge in [-0.05, 0) is 17.5 Å². The SMILES string of the molecule is O=C(O)Cn1ccc2sccc2c1=O. The molecule has 0 saturated heterocycles. The summed E-state index contributed by atoms with van der Waals surface area (Å²) in [5.41, 5.74) is -0.244. The predicted molar refractivity (Wildman–Crippen MR) is 53.7 cm³/mol. The second kappa shape index (κ2) is 3.26. The molecule has 1 N–H and O–H groups in total. The molecule has 4 nitrogen and oxygen atoms in total. The molecular weight excluding hydrogens is 202 g/mol. The van der Waals surface area contributed by atoms with Crippen molar-refractivity contribution >= 4 is 27.4 Å². The quantitative estimate of drug-likeness (QED) is 0.807. The first-order valence-electron chi connectivity index (χ1n) is 3.97. The van der Waals surface area contributed by atoms with Crippen LogP contribution in [0, 0.1) is 0 Å². The van der Waals surface area contributed by atoms with E-state index in [1.807, 2.05) is 5.38 Å². The van der Waals surface area contributed by atoms with Crippen molar-refractivity contribution in [1.29, 1.82) is 0 Å². The Hall–Kier alpha value is -1.62. The number of hydrogen-bond acceptors (Lipinski definition) is 3. The highest BCUT2D eigenvalue weighted by molar-refractivity contribution is 7.17. The van der Waals surface area contributed by atoms with E-state index < -0.39 is 5.97 Å². The fourth-order valence-electron chi connectivity index (χ4n) is 1.28. The first-order chi connectivity index (χ1) is 6.68. The van der Waals surface area contributed by atoms with Gasteiger partial charge in [0.15, 0.2) is 0 Å². The Balaban J connectivity index is 2.62. The number of carbonyl (C=O) groups is 1. The number of hydrogen-bond donors (Lipinski definition) is 1. The van der Waals surface area contributed by atoms with Gasteiger partial charge in [-0.25, -0.2) is 0 Å². The third-order valence-electron chi connectivity index (χ3n) is 1.90. The summed E-state index contributed by atoms with van der Waals surface area (Å²) >= 11 is 1.47. The van der Waals surface area contributed by atoms with Gasteiger partial charge < -0.3 is 9.67 Å². The van der Waals surface area contributed by atoms with Crippen LogP contribution in [0.25, 0.3) is 10.1 Å². The van der Waals surface area contributed by atoms with Crippen molar-refractivity contribution in [2.24, 2.45) is 0 Å². The van der Waals surface area contributed by atoms with E-state index in [1.165, 1.54) is 22.1 Å². The number of aromatic nitrogens is 1. The van der Waals surface area contributed by atoms with Gasteiger partial charge in [-0.15, -0.1) is 11.3 Å². The molecule has 14 heavy (non-hydrogen) atoms. The number of carboxylic acid groups (broad SMARTS) is 1. The smallest absolute Gasteiger partial charge is 0.323 e. The largest absolute Gasteiger partial charge is 0.480 e. The van der Waals surface area contributed by atoms with Crippen LogP contribution in [0.15, 0.2) is 28.5 Å². The van der Waals surface area contributed by atoms with Crippen LogP contribution in [0.2, 0.25) is 0 Å². The maximum atomic E-state index is 11.6. The molecule has 0 amide bonds. The minimum Gasteiger partial charge on any atom is -0.480 e. The zero-order valence-corrected chi connectivity index (χ0v) is 7.95. The van der Waals surface area contributed by atoms with Crippen LogP contribution in [-0.2, 0) is 11.3 Å². The Morgan fingerprint density at radius 1 is 1.50 bits per heavy atom. The molecule has 0 spiro atoms. The number of rotatable bonds is 2. The molecule has 0 atom stereocenters. The Bertz CT molecular complexity index is 540. The van der Waals surface area contributed by atoms with Gasteiger partial charge in [-0.1, -0.05) is 0 Å². The molecule has 2 rings (SSSR count). The van der Waals surface area contributed by atoms with E-state index in [-0.39, 0.29) is 12.1 Å². The number of nitrogens with zero attached hydrogens (tertiary/aromatic N) is 1. The van der Waals surface area contributed by atoms with E-state index in [0.717, 1.165) is 4.70 Å². The zero-order valence-electron chi connectivity index (χ0n) is 7.14. The first kappa shape index (κ1) is 8.96. The molecular formula is C9H7NO3S. The summed E-state index contributed by atoms with van der Waals surface area (Å²) in [6.07, 6.45) is 1.51. The molecule has 0 aliphatic carbocycles. The normalized spacial score (nSPS) is 10.6. The van der Waals surface area contributed by atoms with Crippen molar-refractivity contribution in [3.8, 4) is 0 Å². The average Bonchev–Trinajstić information content (AvgIpc) is 2.57. The van der Waals surface area contributed by atoms with E-state index in [9.17, 15) is 9.59 Å². The summed E-state index contributed by atoms with van der Waals surface area (Å²) in [5, 5.41) is 11.0. The lowest BCUT2D eigenvalue weighted by Crippen LogP contribution is -2.22. The number of fused-ring (bicyclic) bond motifs is 1. The average molecular weight is 209 g/mol. The van der Waals surface area contributed by atoms with Gasteiger partial charge in [0.05, 0.1) is 5.39 Å². The van der Waals surface area contributed by atoms with E-state index >= 15 is 0 Å². The molecule has 0 saturated carbocycles. The molecule has 0 fully saturated rings. The zero-order chi connectivity index (χ0) is 10.1. The summed E-state index contributed by atoms with van der Waals surface area (Å²) in [6.45, 7) is -0.287. The fraction of sp³-hybridized carbons (Fsp3) is 0.111. The third-order valence-corrected chi connectivity index (χ3v) is 2.78. The van der Waals surface area contributed by atoms with Crippen LogP contribution >= 0.6 is 11.3 Å². The molecule has 2 heterocycles. The minimum absolute atomic E-state index is 0.244. The van der Waals surface area contributed by atoms with E-state index in [2.05, 4.69) is 0 Å². The van der Waals surface area contributed by atoms with Gasteiger partial charge in [0.1, 0.15) is 6.54 Å². The van der Waals surface area contributed by atoms with Crippen LogP contribution in [0.3, 0.4) is 0 Å². The van der Waals surface area contributed by atoms with Crippen LogP contribution in [0.1, 0.15) is 0 Å². The maximum Gasteiger partial charge on any atom is 0.323 e. The Morgan fingerprint density at radius 3 is 3.00 bits per heavy atom. The lowest BCUT2D eigenvalue weighted by atomic mass is 10.3. The Kier molecular flexibility index (Phi) is 2.09. The summed E-state index contributed by atoms with van der Waals surface area (Å²) in [4.78, 5) is 22.1. The maximum absolute atomic E-state index is 11.6. The van der Waals surface area contributed by atoms with Crippen LogP contribution in [-0.4, -0.2) is 15.6 Å². The topological polar surface area (TPSA) is 59.3 Å². The van der Waals surface area contributed by atoms with Crippen molar-refractivity contribution in [3.05, 3.63) is 34.1 Å². The van der Waals surface area contributed by atoms with Gasteiger partial charge in [-0.2, -0.15) is 0 Å². The summed E-state index contributed by atoms with van der Waals surface area (Å²) in [7, 11) is 0.